The fraction of sp³-hybridized carbons (Fsp3) is 0.385. The Hall–Kier alpha value is -1.64. The van der Waals surface area contributed by atoms with Crippen molar-refractivity contribution < 1.29 is 0 Å². The van der Waals surface area contributed by atoms with Gasteiger partial charge in [-0.3, -0.25) is 0 Å². The van der Waals surface area contributed by atoms with Crippen molar-refractivity contribution in [3.8, 4) is 0 Å². The Morgan fingerprint density at radius 1 is 1.25 bits per heavy atom. The number of aromatic nitrogens is 3. The van der Waals surface area contributed by atoms with Crippen LogP contribution in [0.1, 0.15) is 43.1 Å². The van der Waals surface area contributed by atoms with Gasteiger partial charge in [0, 0.05) is 5.92 Å². The van der Waals surface area contributed by atoms with Crippen LogP contribution in [-0.2, 0) is 0 Å². The highest BCUT2D eigenvalue weighted by Gasteiger charge is 2.29. The van der Waals surface area contributed by atoms with Crippen LogP contribution in [0.3, 0.4) is 0 Å². The summed E-state index contributed by atoms with van der Waals surface area (Å²) in [6.07, 6.45) is 4.38. The van der Waals surface area contributed by atoms with Crippen molar-refractivity contribution in [3.05, 3.63) is 48.0 Å². The van der Waals surface area contributed by atoms with Crippen molar-refractivity contribution in [2.24, 2.45) is 0 Å². The topological polar surface area (TPSA) is 30.7 Å². The normalized spacial score (nSPS) is 17.3. The molecule has 0 N–H and O–H groups in total. The minimum atomic E-state index is 0.326. The largest absolute Gasteiger partial charge is 0.310 e. The molecule has 1 fully saturated rings. The summed E-state index contributed by atoms with van der Waals surface area (Å²) in [5.74, 6) is 1.80. The van der Waals surface area contributed by atoms with Gasteiger partial charge < -0.3 is 4.57 Å². The molecule has 1 aromatic carbocycles. The molecule has 1 aromatic heterocycles. The lowest BCUT2D eigenvalue weighted by Gasteiger charge is -2.15. The highest BCUT2D eigenvalue weighted by molar-refractivity contribution is 5.20. The summed E-state index contributed by atoms with van der Waals surface area (Å²) in [5.41, 5.74) is 1.31. The Morgan fingerprint density at radius 2 is 2.00 bits per heavy atom. The zero-order chi connectivity index (χ0) is 11.0. The predicted molar refractivity (Wildman–Crippen MR) is 62.3 cm³/mol. The molecule has 82 valence electrons. The van der Waals surface area contributed by atoms with Gasteiger partial charge in [-0.1, -0.05) is 30.3 Å². The summed E-state index contributed by atoms with van der Waals surface area (Å²) in [6, 6.07) is 10.8. The molecule has 0 spiro atoms. The zero-order valence-corrected chi connectivity index (χ0v) is 9.37. The first-order valence-electron chi connectivity index (χ1n) is 5.80. The molecule has 3 heteroatoms. The lowest BCUT2D eigenvalue weighted by Crippen LogP contribution is -2.09. The third kappa shape index (κ3) is 1.62. The van der Waals surface area contributed by atoms with E-state index in [1.165, 1.54) is 18.4 Å². The van der Waals surface area contributed by atoms with Gasteiger partial charge >= 0.3 is 0 Å². The second kappa shape index (κ2) is 3.74. The Morgan fingerprint density at radius 3 is 2.69 bits per heavy atom. The van der Waals surface area contributed by atoms with E-state index in [9.17, 15) is 0 Å². The molecule has 0 bridgehead atoms. The van der Waals surface area contributed by atoms with Crippen LogP contribution in [0.5, 0.6) is 0 Å². The van der Waals surface area contributed by atoms with E-state index in [1.54, 1.807) is 0 Å². The summed E-state index contributed by atoms with van der Waals surface area (Å²) < 4.78 is 2.20. The maximum Gasteiger partial charge on any atom is 0.136 e. The van der Waals surface area contributed by atoms with Crippen LogP contribution in [-0.4, -0.2) is 14.8 Å². The lowest BCUT2D eigenvalue weighted by atomic mass is 10.1. The minimum absolute atomic E-state index is 0.326. The van der Waals surface area contributed by atoms with Crippen molar-refractivity contribution in [1.29, 1.82) is 0 Å². The van der Waals surface area contributed by atoms with Gasteiger partial charge in [0.25, 0.3) is 0 Å². The zero-order valence-electron chi connectivity index (χ0n) is 9.37. The SMILES string of the molecule is CC(c1ccccc1)n1cnnc1C1CC1. The molecule has 1 atom stereocenters. The van der Waals surface area contributed by atoms with Crippen LogP contribution >= 0.6 is 0 Å². The Balaban J connectivity index is 1.94. The van der Waals surface area contributed by atoms with Crippen LogP contribution in [0.25, 0.3) is 0 Å². The molecule has 0 amide bonds. The second-order valence-corrected chi connectivity index (χ2v) is 4.46. The summed E-state index contributed by atoms with van der Waals surface area (Å²) in [5, 5.41) is 8.28. The molecule has 3 nitrogen and oxygen atoms in total. The van der Waals surface area contributed by atoms with E-state index in [4.69, 9.17) is 0 Å². The van der Waals surface area contributed by atoms with E-state index < -0.39 is 0 Å². The molecule has 1 unspecified atom stereocenters. The fourth-order valence-corrected chi connectivity index (χ4v) is 2.08. The Bertz CT molecular complexity index is 471. The third-order valence-corrected chi connectivity index (χ3v) is 3.24. The molecule has 0 saturated heterocycles. The summed E-state index contributed by atoms with van der Waals surface area (Å²) in [4.78, 5) is 0. The molecule has 1 aliphatic rings. The molecule has 1 aliphatic carbocycles. The molecular formula is C13H15N3. The molecule has 1 saturated carbocycles. The number of rotatable bonds is 3. The molecule has 1 heterocycles. The monoisotopic (exact) mass is 213 g/mol. The summed E-state index contributed by atoms with van der Waals surface area (Å²) >= 11 is 0. The van der Waals surface area contributed by atoms with Gasteiger partial charge in [-0.05, 0) is 25.3 Å². The van der Waals surface area contributed by atoms with E-state index >= 15 is 0 Å². The van der Waals surface area contributed by atoms with Gasteiger partial charge in [0.2, 0.25) is 0 Å². The van der Waals surface area contributed by atoms with E-state index in [0.29, 0.717) is 12.0 Å². The van der Waals surface area contributed by atoms with E-state index in [-0.39, 0.29) is 0 Å². The lowest BCUT2D eigenvalue weighted by molar-refractivity contribution is 0.602. The Labute approximate surface area is 95.1 Å². The molecule has 0 radical (unpaired) electrons. The van der Waals surface area contributed by atoms with Crippen molar-refractivity contribution in [2.45, 2.75) is 31.7 Å². The molecular weight excluding hydrogens is 198 g/mol. The first kappa shape index (κ1) is 9.58. The first-order valence-corrected chi connectivity index (χ1v) is 5.80. The third-order valence-electron chi connectivity index (χ3n) is 3.24. The number of hydrogen-bond acceptors (Lipinski definition) is 2. The summed E-state index contributed by atoms with van der Waals surface area (Å²) in [6.45, 7) is 2.20. The predicted octanol–water partition coefficient (Wildman–Crippen LogP) is 2.76. The van der Waals surface area contributed by atoms with Gasteiger partial charge in [-0.2, -0.15) is 0 Å². The minimum Gasteiger partial charge on any atom is -0.310 e. The second-order valence-electron chi connectivity index (χ2n) is 4.46. The van der Waals surface area contributed by atoms with E-state index in [0.717, 1.165) is 5.82 Å². The Kier molecular flexibility index (Phi) is 2.24. The van der Waals surface area contributed by atoms with Gasteiger partial charge in [0.05, 0.1) is 6.04 Å². The maximum absolute atomic E-state index is 4.24. The standard InChI is InChI=1S/C13H15N3/c1-10(11-5-3-2-4-6-11)16-9-14-15-13(16)12-7-8-12/h2-6,9-10,12H,7-8H2,1H3. The van der Waals surface area contributed by atoms with Crippen LogP contribution in [0.15, 0.2) is 36.7 Å². The van der Waals surface area contributed by atoms with Gasteiger partial charge in [0.1, 0.15) is 12.2 Å². The van der Waals surface area contributed by atoms with Crippen LogP contribution in [0.4, 0.5) is 0 Å². The van der Waals surface area contributed by atoms with E-state index in [2.05, 4.69) is 46.0 Å². The number of hydrogen-bond donors (Lipinski definition) is 0. The summed E-state index contributed by atoms with van der Waals surface area (Å²) in [7, 11) is 0. The van der Waals surface area contributed by atoms with Gasteiger partial charge in [-0.25, -0.2) is 0 Å². The molecule has 2 aromatic rings. The quantitative estimate of drug-likeness (QED) is 0.785. The van der Waals surface area contributed by atoms with Crippen LogP contribution in [0.2, 0.25) is 0 Å². The van der Waals surface area contributed by atoms with Crippen molar-refractivity contribution >= 4 is 0 Å². The highest BCUT2D eigenvalue weighted by Crippen LogP contribution is 2.40. The molecule has 3 rings (SSSR count). The average Bonchev–Trinajstić information content (AvgIpc) is 3.07. The van der Waals surface area contributed by atoms with E-state index in [1.807, 2.05) is 12.4 Å². The first-order chi connectivity index (χ1) is 7.86. The van der Waals surface area contributed by atoms with Gasteiger partial charge in [-0.15, -0.1) is 10.2 Å². The van der Waals surface area contributed by atoms with Crippen molar-refractivity contribution in [3.63, 3.8) is 0 Å². The molecule has 16 heavy (non-hydrogen) atoms. The maximum atomic E-state index is 4.24. The number of nitrogens with zero attached hydrogens (tertiary/aromatic N) is 3. The number of benzene rings is 1. The highest BCUT2D eigenvalue weighted by atomic mass is 15.3. The fourth-order valence-electron chi connectivity index (χ4n) is 2.08. The van der Waals surface area contributed by atoms with Crippen molar-refractivity contribution in [1.82, 2.24) is 14.8 Å². The average molecular weight is 213 g/mol. The molecule has 0 aliphatic heterocycles. The van der Waals surface area contributed by atoms with Crippen LogP contribution in [0, 0.1) is 0 Å². The van der Waals surface area contributed by atoms with Crippen molar-refractivity contribution in [2.75, 3.05) is 0 Å². The van der Waals surface area contributed by atoms with Gasteiger partial charge in [0.15, 0.2) is 0 Å². The smallest absolute Gasteiger partial charge is 0.136 e. The van der Waals surface area contributed by atoms with Crippen LogP contribution < -0.4 is 0 Å².